The molecule has 3 aromatic rings. The highest BCUT2D eigenvalue weighted by Crippen LogP contribution is 2.29. The molecule has 0 atom stereocenters. The lowest BCUT2D eigenvalue weighted by Crippen LogP contribution is -2.14. The minimum atomic E-state index is -0.492. The van der Waals surface area contributed by atoms with Crippen LogP contribution >= 0.6 is 23.1 Å². The van der Waals surface area contributed by atoms with Crippen molar-refractivity contribution in [3.05, 3.63) is 58.3 Å². The van der Waals surface area contributed by atoms with Crippen molar-refractivity contribution < 1.29 is 14.5 Å². The first-order chi connectivity index (χ1) is 13.6. The van der Waals surface area contributed by atoms with E-state index in [2.05, 4.69) is 20.5 Å². The summed E-state index contributed by atoms with van der Waals surface area (Å²) in [7, 11) is 1.38. The van der Waals surface area contributed by atoms with Crippen molar-refractivity contribution in [2.75, 3.05) is 18.2 Å². The lowest BCUT2D eigenvalue weighted by Gasteiger charge is -2.05. The van der Waals surface area contributed by atoms with E-state index in [1.165, 1.54) is 36.3 Å². The SMILES string of the molecule is COc1ccc(CSCC(=O)Nc2nnc(-c3ccccn3)s2)cc1[N+](=O)[O-]. The fourth-order valence-electron chi connectivity index (χ4n) is 2.25. The summed E-state index contributed by atoms with van der Waals surface area (Å²) >= 11 is 2.58. The van der Waals surface area contributed by atoms with Gasteiger partial charge in [-0.3, -0.25) is 25.2 Å². The minimum absolute atomic E-state index is 0.0963. The lowest BCUT2D eigenvalue weighted by molar-refractivity contribution is -0.385. The normalized spacial score (nSPS) is 10.5. The van der Waals surface area contributed by atoms with Crippen LogP contribution < -0.4 is 10.1 Å². The first-order valence-corrected chi connectivity index (χ1v) is 9.97. The Morgan fingerprint density at radius 2 is 2.18 bits per heavy atom. The summed E-state index contributed by atoms with van der Waals surface area (Å²) in [4.78, 5) is 26.8. The van der Waals surface area contributed by atoms with Gasteiger partial charge in [-0.1, -0.05) is 23.5 Å². The van der Waals surface area contributed by atoms with E-state index in [1.54, 1.807) is 18.3 Å². The molecule has 1 aromatic carbocycles. The second-order valence-electron chi connectivity index (χ2n) is 5.43. The number of pyridine rings is 1. The molecule has 1 N–H and O–H groups in total. The van der Waals surface area contributed by atoms with Crippen molar-refractivity contribution in [2.24, 2.45) is 0 Å². The van der Waals surface area contributed by atoms with E-state index < -0.39 is 4.92 Å². The highest BCUT2D eigenvalue weighted by molar-refractivity contribution is 7.99. The first kappa shape index (κ1) is 19.7. The number of rotatable bonds is 8. The molecule has 0 unspecified atom stereocenters. The summed E-state index contributed by atoms with van der Waals surface area (Å²) in [5.41, 5.74) is 1.33. The van der Waals surface area contributed by atoms with E-state index in [9.17, 15) is 14.9 Å². The third-order valence-electron chi connectivity index (χ3n) is 3.50. The largest absolute Gasteiger partial charge is 0.490 e. The number of hydrogen-bond acceptors (Lipinski definition) is 9. The fourth-order valence-corrected chi connectivity index (χ4v) is 3.76. The second kappa shape index (κ2) is 9.24. The quantitative estimate of drug-likeness (QED) is 0.437. The number of ether oxygens (including phenoxy) is 1. The maximum Gasteiger partial charge on any atom is 0.311 e. The fraction of sp³-hybridized carbons (Fsp3) is 0.176. The number of aromatic nitrogens is 3. The number of thioether (sulfide) groups is 1. The second-order valence-corrected chi connectivity index (χ2v) is 7.39. The van der Waals surface area contributed by atoms with Crippen molar-refractivity contribution in [3.8, 4) is 16.5 Å². The Bertz CT molecular complexity index is 981. The van der Waals surface area contributed by atoms with Crippen LogP contribution in [0.25, 0.3) is 10.7 Å². The number of nitrogens with zero attached hydrogens (tertiary/aromatic N) is 4. The molecule has 0 bridgehead atoms. The van der Waals surface area contributed by atoms with Crippen molar-refractivity contribution in [3.63, 3.8) is 0 Å². The summed E-state index contributed by atoms with van der Waals surface area (Å²) in [5.74, 6) is 0.611. The molecule has 2 aromatic heterocycles. The number of nitro benzene ring substituents is 1. The molecule has 2 heterocycles. The third-order valence-corrected chi connectivity index (χ3v) is 5.36. The maximum atomic E-state index is 12.1. The number of benzene rings is 1. The van der Waals surface area contributed by atoms with Crippen LogP contribution in [0.2, 0.25) is 0 Å². The van der Waals surface area contributed by atoms with Gasteiger partial charge >= 0.3 is 5.69 Å². The van der Waals surface area contributed by atoms with Crippen LogP contribution in [0.5, 0.6) is 5.75 Å². The molecule has 1 amide bonds. The van der Waals surface area contributed by atoms with E-state index in [4.69, 9.17) is 4.74 Å². The zero-order valence-electron chi connectivity index (χ0n) is 14.7. The highest BCUT2D eigenvalue weighted by atomic mass is 32.2. The van der Waals surface area contributed by atoms with Crippen LogP contribution in [0.3, 0.4) is 0 Å². The molecule has 0 radical (unpaired) electrons. The van der Waals surface area contributed by atoms with Crippen LogP contribution in [-0.2, 0) is 10.5 Å². The molecule has 0 saturated carbocycles. The third kappa shape index (κ3) is 5.02. The van der Waals surface area contributed by atoms with Crippen molar-refractivity contribution in [1.82, 2.24) is 15.2 Å². The van der Waals surface area contributed by atoms with Crippen LogP contribution in [0, 0.1) is 10.1 Å². The van der Waals surface area contributed by atoms with Crippen LogP contribution in [0.4, 0.5) is 10.8 Å². The zero-order chi connectivity index (χ0) is 19.9. The minimum Gasteiger partial charge on any atom is -0.490 e. The summed E-state index contributed by atoms with van der Waals surface area (Å²) in [6, 6.07) is 10.2. The molecule has 0 spiro atoms. The average Bonchev–Trinajstić information content (AvgIpc) is 3.17. The molecule has 144 valence electrons. The van der Waals surface area contributed by atoms with Gasteiger partial charge in [0.05, 0.1) is 17.8 Å². The zero-order valence-corrected chi connectivity index (χ0v) is 16.3. The number of nitro groups is 1. The topological polar surface area (TPSA) is 120 Å². The van der Waals surface area contributed by atoms with Gasteiger partial charge in [-0.15, -0.1) is 22.0 Å². The van der Waals surface area contributed by atoms with Crippen molar-refractivity contribution in [1.29, 1.82) is 0 Å². The predicted molar refractivity (Wildman–Crippen MR) is 108 cm³/mol. The van der Waals surface area contributed by atoms with E-state index in [0.717, 1.165) is 5.56 Å². The van der Waals surface area contributed by atoms with Gasteiger partial charge in [0.15, 0.2) is 10.8 Å². The van der Waals surface area contributed by atoms with Gasteiger partial charge in [-0.2, -0.15) is 0 Å². The van der Waals surface area contributed by atoms with Gasteiger partial charge in [0, 0.05) is 18.0 Å². The maximum absolute atomic E-state index is 12.1. The number of carbonyl (C=O) groups is 1. The molecule has 0 aliphatic rings. The standard InChI is InChI=1S/C17H15N5O4S2/c1-26-14-6-5-11(8-13(14)22(24)25)9-27-10-15(23)19-17-21-20-16(28-17)12-4-2-3-7-18-12/h2-8H,9-10H2,1H3,(H,19,21,23). The Labute approximate surface area is 168 Å². The number of amides is 1. The average molecular weight is 417 g/mol. The Morgan fingerprint density at radius 3 is 2.89 bits per heavy atom. The molecule has 0 saturated heterocycles. The van der Waals surface area contributed by atoms with E-state index in [0.29, 0.717) is 21.6 Å². The number of nitrogens with one attached hydrogen (secondary N) is 1. The van der Waals surface area contributed by atoms with E-state index in [1.807, 2.05) is 18.2 Å². The molecular weight excluding hydrogens is 402 g/mol. The van der Waals surface area contributed by atoms with E-state index in [-0.39, 0.29) is 23.1 Å². The molecular formula is C17H15N5O4S2. The van der Waals surface area contributed by atoms with Crippen LogP contribution in [0.1, 0.15) is 5.56 Å². The van der Waals surface area contributed by atoms with E-state index >= 15 is 0 Å². The van der Waals surface area contributed by atoms with Crippen molar-refractivity contribution >= 4 is 39.8 Å². The summed E-state index contributed by atoms with van der Waals surface area (Å²) < 4.78 is 4.98. The van der Waals surface area contributed by atoms with Gasteiger partial charge < -0.3 is 4.74 Å². The Hall–Kier alpha value is -3.05. The number of hydrogen-bond donors (Lipinski definition) is 1. The molecule has 28 heavy (non-hydrogen) atoms. The number of anilines is 1. The summed E-state index contributed by atoms with van der Waals surface area (Å²) in [6.45, 7) is 0. The summed E-state index contributed by atoms with van der Waals surface area (Å²) in [6.07, 6.45) is 1.66. The molecule has 3 rings (SSSR count). The molecule has 0 aliphatic carbocycles. The molecule has 9 nitrogen and oxygen atoms in total. The van der Waals surface area contributed by atoms with Crippen LogP contribution in [-0.4, -0.2) is 38.9 Å². The smallest absolute Gasteiger partial charge is 0.311 e. The Kier molecular flexibility index (Phi) is 6.50. The number of methoxy groups -OCH3 is 1. The summed E-state index contributed by atoms with van der Waals surface area (Å²) in [5, 5.41) is 22.7. The number of carbonyl (C=O) groups excluding carboxylic acids is 1. The molecule has 0 fully saturated rings. The molecule has 11 heteroatoms. The molecule has 0 aliphatic heterocycles. The van der Waals surface area contributed by atoms with Gasteiger partial charge in [0.2, 0.25) is 11.0 Å². The lowest BCUT2D eigenvalue weighted by atomic mass is 10.2. The Morgan fingerprint density at radius 1 is 1.32 bits per heavy atom. The van der Waals surface area contributed by atoms with Crippen LogP contribution in [0.15, 0.2) is 42.6 Å². The Balaban J connectivity index is 1.52. The first-order valence-electron chi connectivity index (χ1n) is 8.00. The van der Waals surface area contributed by atoms with Gasteiger partial charge in [-0.05, 0) is 23.8 Å². The monoisotopic (exact) mass is 417 g/mol. The van der Waals surface area contributed by atoms with Gasteiger partial charge in [-0.25, -0.2) is 0 Å². The predicted octanol–water partition coefficient (Wildman–Crippen LogP) is 3.39. The van der Waals surface area contributed by atoms with Gasteiger partial charge in [0.1, 0.15) is 5.69 Å². The highest BCUT2D eigenvalue weighted by Gasteiger charge is 2.15. The van der Waals surface area contributed by atoms with Gasteiger partial charge in [0.25, 0.3) is 0 Å². The van der Waals surface area contributed by atoms with Crippen molar-refractivity contribution in [2.45, 2.75) is 5.75 Å².